The number of hydrogen-bond donors (Lipinski definition) is 1. The number of alkyl halides is 2. The maximum atomic E-state index is 12.6. The Bertz CT molecular complexity index is 697. The molecular formula is C19H25F2N3O3. The Hall–Kier alpha value is -2.09. The van der Waals surface area contributed by atoms with Crippen molar-refractivity contribution >= 4 is 5.96 Å². The molecule has 148 valence electrons. The zero-order chi connectivity index (χ0) is 19.0. The summed E-state index contributed by atoms with van der Waals surface area (Å²) in [7, 11) is 3.19. The SMILES string of the molecule is CN=C(NCc1ccc(OC)c(OC(F)F)c1)N1CC2C3CCC(O3)C2C1. The number of aliphatic imine (C=N–C) groups is 1. The Labute approximate surface area is 157 Å². The van der Waals surface area contributed by atoms with E-state index < -0.39 is 6.61 Å². The second-order valence-electron chi connectivity index (χ2n) is 7.29. The third-order valence-electron chi connectivity index (χ3n) is 5.86. The van der Waals surface area contributed by atoms with Crippen molar-refractivity contribution in [2.75, 3.05) is 27.2 Å². The molecule has 4 atom stereocenters. The van der Waals surface area contributed by atoms with Gasteiger partial charge in [-0.05, 0) is 30.5 Å². The quantitative estimate of drug-likeness (QED) is 0.627. The molecular weight excluding hydrogens is 356 g/mol. The molecule has 1 N–H and O–H groups in total. The monoisotopic (exact) mass is 381 g/mol. The number of nitrogens with one attached hydrogen (secondary N) is 1. The van der Waals surface area contributed by atoms with Crippen LogP contribution in [0, 0.1) is 11.8 Å². The lowest BCUT2D eigenvalue weighted by Crippen LogP contribution is -2.41. The minimum Gasteiger partial charge on any atom is -0.493 e. The molecule has 4 unspecified atom stereocenters. The van der Waals surface area contributed by atoms with E-state index in [1.807, 2.05) is 6.07 Å². The third kappa shape index (κ3) is 3.54. The largest absolute Gasteiger partial charge is 0.493 e. The molecule has 3 aliphatic heterocycles. The van der Waals surface area contributed by atoms with Gasteiger partial charge in [0.1, 0.15) is 0 Å². The first kappa shape index (κ1) is 18.3. The maximum Gasteiger partial charge on any atom is 0.387 e. The van der Waals surface area contributed by atoms with Crippen LogP contribution in [0.3, 0.4) is 0 Å². The lowest BCUT2D eigenvalue weighted by atomic mass is 9.82. The highest BCUT2D eigenvalue weighted by atomic mass is 19.3. The molecule has 8 heteroatoms. The van der Waals surface area contributed by atoms with Crippen LogP contribution in [-0.2, 0) is 11.3 Å². The van der Waals surface area contributed by atoms with Crippen molar-refractivity contribution in [1.82, 2.24) is 10.2 Å². The fraction of sp³-hybridized carbons (Fsp3) is 0.632. The second kappa shape index (κ2) is 7.50. The van der Waals surface area contributed by atoms with Crippen LogP contribution in [0.15, 0.2) is 23.2 Å². The van der Waals surface area contributed by atoms with Crippen LogP contribution < -0.4 is 14.8 Å². The molecule has 3 saturated heterocycles. The fourth-order valence-electron chi connectivity index (χ4n) is 4.67. The molecule has 0 amide bonds. The molecule has 0 spiro atoms. The van der Waals surface area contributed by atoms with Crippen molar-refractivity contribution in [2.45, 2.75) is 38.2 Å². The van der Waals surface area contributed by atoms with E-state index in [9.17, 15) is 8.78 Å². The van der Waals surface area contributed by atoms with E-state index in [4.69, 9.17) is 9.47 Å². The normalized spacial score (nSPS) is 29.4. The summed E-state index contributed by atoms with van der Waals surface area (Å²) in [6.45, 7) is -0.524. The second-order valence-corrected chi connectivity index (χ2v) is 7.29. The molecule has 27 heavy (non-hydrogen) atoms. The Morgan fingerprint density at radius 1 is 1.26 bits per heavy atom. The maximum absolute atomic E-state index is 12.6. The van der Waals surface area contributed by atoms with Gasteiger partial charge in [0.25, 0.3) is 0 Å². The van der Waals surface area contributed by atoms with Gasteiger partial charge in [0.05, 0.1) is 19.3 Å². The lowest BCUT2D eigenvalue weighted by molar-refractivity contribution is -0.0512. The molecule has 0 radical (unpaired) electrons. The average Bonchev–Trinajstić information content (AvgIpc) is 3.35. The number of nitrogens with zero attached hydrogens (tertiary/aromatic N) is 2. The third-order valence-corrected chi connectivity index (χ3v) is 5.86. The smallest absolute Gasteiger partial charge is 0.387 e. The van der Waals surface area contributed by atoms with Gasteiger partial charge < -0.3 is 24.4 Å². The Morgan fingerprint density at radius 3 is 2.56 bits per heavy atom. The summed E-state index contributed by atoms with van der Waals surface area (Å²) in [6, 6.07) is 5.02. The lowest BCUT2D eigenvalue weighted by Gasteiger charge is -2.23. The minimum atomic E-state index is -2.89. The van der Waals surface area contributed by atoms with Crippen molar-refractivity contribution in [1.29, 1.82) is 0 Å². The minimum absolute atomic E-state index is 0.0335. The number of guanidine groups is 1. The van der Waals surface area contributed by atoms with E-state index in [1.54, 1.807) is 19.2 Å². The number of likely N-dealkylation sites (tertiary alicyclic amines) is 1. The highest BCUT2D eigenvalue weighted by molar-refractivity contribution is 5.80. The van der Waals surface area contributed by atoms with Crippen LogP contribution in [0.25, 0.3) is 0 Å². The summed E-state index contributed by atoms with van der Waals surface area (Å²) in [5, 5.41) is 3.34. The predicted molar refractivity (Wildman–Crippen MR) is 96.3 cm³/mol. The van der Waals surface area contributed by atoms with E-state index >= 15 is 0 Å². The van der Waals surface area contributed by atoms with Gasteiger partial charge in [-0.1, -0.05) is 6.07 Å². The van der Waals surface area contributed by atoms with Gasteiger partial charge in [-0.2, -0.15) is 8.78 Å². The highest BCUT2D eigenvalue weighted by Crippen LogP contribution is 2.47. The number of fused-ring (bicyclic) bond motifs is 5. The number of hydrogen-bond acceptors (Lipinski definition) is 4. The van der Waals surface area contributed by atoms with E-state index in [0.717, 1.165) is 24.6 Å². The summed E-state index contributed by atoms with van der Waals surface area (Å²) in [4.78, 5) is 6.68. The summed E-state index contributed by atoms with van der Waals surface area (Å²) in [6.07, 6.45) is 3.15. The first-order chi connectivity index (χ1) is 13.1. The van der Waals surface area contributed by atoms with Crippen LogP contribution in [-0.4, -0.2) is 56.9 Å². The average molecular weight is 381 g/mol. The van der Waals surface area contributed by atoms with Gasteiger partial charge in [0, 0.05) is 38.5 Å². The van der Waals surface area contributed by atoms with E-state index in [2.05, 4.69) is 19.9 Å². The Kier molecular flexibility index (Phi) is 5.08. The van der Waals surface area contributed by atoms with Crippen LogP contribution in [0.2, 0.25) is 0 Å². The van der Waals surface area contributed by atoms with Crippen molar-refractivity contribution in [3.8, 4) is 11.5 Å². The number of halogens is 2. The molecule has 0 saturated carbocycles. The molecule has 1 aromatic carbocycles. The zero-order valence-electron chi connectivity index (χ0n) is 15.5. The Morgan fingerprint density at radius 2 is 1.96 bits per heavy atom. The number of methoxy groups -OCH3 is 1. The molecule has 0 aliphatic carbocycles. The molecule has 3 aliphatic rings. The molecule has 1 aromatic rings. The molecule has 2 bridgehead atoms. The topological polar surface area (TPSA) is 55.3 Å². The molecule has 0 aromatic heterocycles. The summed E-state index contributed by atoms with van der Waals surface area (Å²) < 4.78 is 40.8. The zero-order valence-corrected chi connectivity index (χ0v) is 15.5. The highest BCUT2D eigenvalue weighted by Gasteiger charge is 2.53. The van der Waals surface area contributed by atoms with E-state index in [0.29, 0.717) is 30.6 Å². The molecule has 3 heterocycles. The summed E-state index contributed by atoms with van der Waals surface area (Å²) in [5.74, 6) is 2.33. The van der Waals surface area contributed by atoms with E-state index in [1.165, 1.54) is 20.0 Å². The van der Waals surface area contributed by atoms with Gasteiger partial charge in [-0.15, -0.1) is 0 Å². The molecule has 6 nitrogen and oxygen atoms in total. The van der Waals surface area contributed by atoms with Crippen molar-refractivity contribution < 1.29 is 23.0 Å². The number of benzene rings is 1. The van der Waals surface area contributed by atoms with Crippen LogP contribution >= 0.6 is 0 Å². The summed E-state index contributed by atoms with van der Waals surface area (Å²) >= 11 is 0. The number of rotatable bonds is 5. The van der Waals surface area contributed by atoms with Crippen molar-refractivity contribution in [2.24, 2.45) is 16.8 Å². The molecule has 3 fully saturated rings. The first-order valence-electron chi connectivity index (χ1n) is 9.32. The molecule has 4 rings (SSSR count). The summed E-state index contributed by atoms with van der Waals surface area (Å²) in [5.41, 5.74) is 0.815. The Balaban J connectivity index is 1.39. The van der Waals surface area contributed by atoms with Crippen LogP contribution in [0.1, 0.15) is 18.4 Å². The van der Waals surface area contributed by atoms with Gasteiger partial charge in [0.2, 0.25) is 0 Å². The first-order valence-corrected chi connectivity index (χ1v) is 9.32. The fourth-order valence-corrected chi connectivity index (χ4v) is 4.67. The van der Waals surface area contributed by atoms with Crippen molar-refractivity contribution in [3.63, 3.8) is 0 Å². The van der Waals surface area contributed by atoms with Gasteiger partial charge in [-0.25, -0.2) is 0 Å². The van der Waals surface area contributed by atoms with Crippen LogP contribution in [0.4, 0.5) is 8.78 Å². The van der Waals surface area contributed by atoms with E-state index in [-0.39, 0.29) is 11.5 Å². The van der Waals surface area contributed by atoms with Gasteiger partial charge >= 0.3 is 6.61 Å². The predicted octanol–water partition coefficient (Wildman–Crippen LogP) is 2.48. The van der Waals surface area contributed by atoms with Crippen molar-refractivity contribution in [3.05, 3.63) is 23.8 Å². The standard InChI is InChI=1S/C19H25F2N3O3/c1-22-19(24-9-12-13(10-24)15-6-5-14(12)26-15)23-8-11-3-4-16(25-2)17(7-11)27-18(20)21/h3-4,7,12-15,18H,5-6,8-10H2,1-2H3,(H,22,23). The van der Waals surface area contributed by atoms with Gasteiger partial charge in [0.15, 0.2) is 17.5 Å². The van der Waals surface area contributed by atoms with Crippen LogP contribution in [0.5, 0.6) is 11.5 Å². The number of ether oxygens (including phenoxy) is 3. The van der Waals surface area contributed by atoms with Gasteiger partial charge in [-0.3, -0.25) is 4.99 Å².